The summed E-state index contributed by atoms with van der Waals surface area (Å²) in [4.78, 5) is 6.90. The standard InChI is InChI=1S/C19H30N4O2.HI/c1-4-20-19(21-10-12-23(2)11-7-13-24-3)22-15-17-14-16-8-5-6-9-18(16)25-17;/h5-6,8-9,14H,4,7,10-13,15H2,1-3H3,(H2,20,21,22);1H. The van der Waals surface area contributed by atoms with Gasteiger partial charge in [0.2, 0.25) is 0 Å². The van der Waals surface area contributed by atoms with Crippen molar-refractivity contribution in [2.75, 3.05) is 46.9 Å². The van der Waals surface area contributed by atoms with Crippen LogP contribution in [-0.4, -0.2) is 57.8 Å². The second-order valence-corrected chi connectivity index (χ2v) is 6.02. The summed E-state index contributed by atoms with van der Waals surface area (Å²) in [7, 11) is 3.86. The zero-order valence-corrected chi connectivity index (χ0v) is 18.3. The lowest BCUT2D eigenvalue weighted by atomic mass is 10.2. The molecule has 0 unspecified atom stereocenters. The Bertz CT molecular complexity index is 627. The summed E-state index contributed by atoms with van der Waals surface area (Å²) in [5.41, 5.74) is 0.906. The second-order valence-electron chi connectivity index (χ2n) is 6.02. The molecule has 0 radical (unpaired) electrons. The van der Waals surface area contributed by atoms with Crippen molar-refractivity contribution in [3.63, 3.8) is 0 Å². The molecule has 0 aliphatic rings. The van der Waals surface area contributed by atoms with Gasteiger partial charge in [0, 0.05) is 45.3 Å². The monoisotopic (exact) mass is 474 g/mol. The summed E-state index contributed by atoms with van der Waals surface area (Å²) in [6.45, 7) is 7.05. The lowest BCUT2D eigenvalue weighted by molar-refractivity contribution is 0.180. The van der Waals surface area contributed by atoms with E-state index in [-0.39, 0.29) is 24.0 Å². The van der Waals surface area contributed by atoms with Gasteiger partial charge in [-0.25, -0.2) is 4.99 Å². The molecule has 0 atom stereocenters. The summed E-state index contributed by atoms with van der Waals surface area (Å²) in [5, 5.41) is 7.76. The Kier molecular flexibility index (Phi) is 11.3. The van der Waals surface area contributed by atoms with Gasteiger partial charge < -0.3 is 24.7 Å². The molecule has 1 aromatic heterocycles. The van der Waals surface area contributed by atoms with Crippen LogP contribution in [-0.2, 0) is 11.3 Å². The molecule has 26 heavy (non-hydrogen) atoms. The molecular formula is C19H31IN4O2. The van der Waals surface area contributed by atoms with Crippen LogP contribution in [0, 0.1) is 0 Å². The van der Waals surface area contributed by atoms with E-state index in [1.54, 1.807) is 7.11 Å². The zero-order valence-electron chi connectivity index (χ0n) is 16.0. The van der Waals surface area contributed by atoms with Gasteiger partial charge in [0.1, 0.15) is 17.9 Å². The minimum Gasteiger partial charge on any atom is -0.459 e. The van der Waals surface area contributed by atoms with E-state index >= 15 is 0 Å². The van der Waals surface area contributed by atoms with Crippen LogP contribution in [0.5, 0.6) is 0 Å². The number of hydrogen-bond donors (Lipinski definition) is 2. The quantitative estimate of drug-likeness (QED) is 0.240. The summed E-state index contributed by atoms with van der Waals surface area (Å²) in [5.74, 6) is 1.68. The van der Waals surface area contributed by atoms with Crippen molar-refractivity contribution in [3.05, 3.63) is 36.1 Å². The van der Waals surface area contributed by atoms with E-state index < -0.39 is 0 Å². The molecule has 7 heteroatoms. The fourth-order valence-corrected chi connectivity index (χ4v) is 2.57. The number of nitrogens with zero attached hydrogens (tertiary/aromatic N) is 2. The van der Waals surface area contributed by atoms with E-state index in [4.69, 9.17) is 9.15 Å². The predicted octanol–water partition coefficient (Wildman–Crippen LogP) is 3.07. The van der Waals surface area contributed by atoms with E-state index in [9.17, 15) is 0 Å². The number of halogens is 1. The SMILES string of the molecule is CCNC(=NCc1cc2ccccc2o1)NCCN(C)CCCOC.I. The highest BCUT2D eigenvalue weighted by atomic mass is 127. The maximum absolute atomic E-state index is 5.81. The number of nitrogens with one attached hydrogen (secondary N) is 2. The molecular weight excluding hydrogens is 443 g/mol. The topological polar surface area (TPSA) is 62.0 Å². The minimum absolute atomic E-state index is 0. The van der Waals surface area contributed by atoms with Crippen molar-refractivity contribution < 1.29 is 9.15 Å². The number of rotatable bonds is 10. The first-order valence-corrected chi connectivity index (χ1v) is 8.90. The van der Waals surface area contributed by atoms with Crippen molar-refractivity contribution in [1.82, 2.24) is 15.5 Å². The number of ether oxygens (including phenoxy) is 1. The molecule has 0 saturated heterocycles. The molecule has 6 nitrogen and oxygen atoms in total. The average Bonchev–Trinajstić information content (AvgIpc) is 3.03. The van der Waals surface area contributed by atoms with Crippen LogP contribution in [0.1, 0.15) is 19.1 Å². The Hall–Kier alpha value is -1.32. The highest BCUT2D eigenvalue weighted by Gasteiger charge is 2.04. The number of likely N-dealkylation sites (N-methyl/N-ethyl adjacent to an activating group) is 1. The molecule has 0 spiro atoms. The molecule has 0 saturated carbocycles. The van der Waals surface area contributed by atoms with Gasteiger partial charge in [-0.15, -0.1) is 24.0 Å². The third-order valence-electron chi connectivity index (χ3n) is 3.89. The van der Waals surface area contributed by atoms with Crippen LogP contribution in [0.2, 0.25) is 0 Å². The van der Waals surface area contributed by atoms with Crippen molar-refractivity contribution in [1.29, 1.82) is 0 Å². The number of guanidine groups is 1. The van der Waals surface area contributed by atoms with Gasteiger partial charge in [0.05, 0.1) is 0 Å². The lowest BCUT2D eigenvalue weighted by Gasteiger charge is -2.18. The molecule has 0 amide bonds. The third-order valence-corrected chi connectivity index (χ3v) is 3.89. The van der Waals surface area contributed by atoms with Gasteiger partial charge in [0.25, 0.3) is 0 Å². The van der Waals surface area contributed by atoms with Crippen LogP contribution in [0.15, 0.2) is 39.7 Å². The number of benzene rings is 1. The number of furan rings is 1. The van der Waals surface area contributed by atoms with Crippen molar-refractivity contribution in [2.24, 2.45) is 4.99 Å². The van der Waals surface area contributed by atoms with Gasteiger partial charge in [-0.05, 0) is 32.5 Å². The molecule has 0 aliphatic carbocycles. The fraction of sp³-hybridized carbons (Fsp3) is 0.526. The number of methoxy groups -OCH3 is 1. The van der Waals surface area contributed by atoms with E-state index in [1.165, 1.54) is 0 Å². The molecule has 2 N–H and O–H groups in total. The predicted molar refractivity (Wildman–Crippen MR) is 118 cm³/mol. The van der Waals surface area contributed by atoms with E-state index in [0.717, 1.165) is 61.9 Å². The molecule has 1 aromatic carbocycles. The molecule has 0 fully saturated rings. The molecule has 0 aliphatic heterocycles. The van der Waals surface area contributed by atoms with Crippen molar-refractivity contribution in [2.45, 2.75) is 19.9 Å². The molecule has 0 bridgehead atoms. The van der Waals surface area contributed by atoms with Gasteiger partial charge in [-0.2, -0.15) is 0 Å². The number of hydrogen-bond acceptors (Lipinski definition) is 4. The van der Waals surface area contributed by atoms with Crippen molar-refractivity contribution in [3.8, 4) is 0 Å². The summed E-state index contributed by atoms with van der Waals surface area (Å²) in [6.07, 6.45) is 1.05. The first-order chi connectivity index (χ1) is 12.2. The highest BCUT2D eigenvalue weighted by molar-refractivity contribution is 14.0. The van der Waals surface area contributed by atoms with Crippen LogP contribution in [0.25, 0.3) is 11.0 Å². The van der Waals surface area contributed by atoms with Crippen LogP contribution in [0.3, 0.4) is 0 Å². The fourth-order valence-electron chi connectivity index (χ4n) is 2.57. The molecule has 2 rings (SSSR count). The van der Waals surface area contributed by atoms with Crippen LogP contribution < -0.4 is 10.6 Å². The average molecular weight is 474 g/mol. The summed E-state index contributed by atoms with van der Waals surface area (Å²) < 4.78 is 10.9. The Labute approximate surface area is 173 Å². The van der Waals surface area contributed by atoms with E-state index in [1.807, 2.05) is 24.3 Å². The first kappa shape index (κ1) is 22.7. The second kappa shape index (κ2) is 12.9. The molecule has 2 aromatic rings. The molecule has 1 heterocycles. The van der Waals surface area contributed by atoms with E-state index in [0.29, 0.717) is 6.54 Å². The maximum atomic E-state index is 5.81. The minimum atomic E-state index is 0. The normalized spacial score (nSPS) is 11.6. The Morgan fingerprint density at radius 1 is 1.23 bits per heavy atom. The summed E-state index contributed by atoms with van der Waals surface area (Å²) in [6, 6.07) is 10.1. The number of fused-ring (bicyclic) bond motifs is 1. The largest absolute Gasteiger partial charge is 0.459 e. The van der Waals surface area contributed by atoms with Crippen LogP contribution in [0.4, 0.5) is 0 Å². The van der Waals surface area contributed by atoms with Gasteiger partial charge in [-0.1, -0.05) is 18.2 Å². The molecule has 146 valence electrons. The Morgan fingerprint density at radius 3 is 2.77 bits per heavy atom. The van der Waals surface area contributed by atoms with Gasteiger partial charge >= 0.3 is 0 Å². The highest BCUT2D eigenvalue weighted by Crippen LogP contribution is 2.19. The Morgan fingerprint density at radius 2 is 2.04 bits per heavy atom. The maximum Gasteiger partial charge on any atom is 0.191 e. The Balaban J connectivity index is 0.00000338. The third kappa shape index (κ3) is 7.92. The van der Waals surface area contributed by atoms with Crippen molar-refractivity contribution >= 4 is 40.9 Å². The first-order valence-electron chi connectivity index (χ1n) is 8.90. The number of aliphatic imine (C=N–C) groups is 1. The van der Waals surface area contributed by atoms with Crippen LogP contribution >= 0.6 is 24.0 Å². The number of para-hydroxylation sites is 1. The smallest absolute Gasteiger partial charge is 0.191 e. The lowest BCUT2D eigenvalue weighted by Crippen LogP contribution is -2.41. The van der Waals surface area contributed by atoms with E-state index in [2.05, 4.69) is 40.6 Å². The van der Waals surface area contributed by atoms with Gasteiger partial charge in [0.15, 0.2) is 5.96 Å². The van der Waals surface area contributed by atoms with Gasteiger partial charge in [-0.3, -0.25) is 0 Å². The zero-order chi connectivity index (χ0) is 17.9. The summed E-state index contributed by atoms with van der Waals surface area (Å²) >= 11 is 0.